The number of para-hydroxylation sites is 2. The molecule has 2 aromatic carbocycles. The monoisotopic (exact) mass is 374 g/mol. The predicted octanol–water partition coefficient (Wildman–Crippen LogP) is 3.60. The molecule has 0 saturated heterocycles. The Morgan fingerprint density at radius 1 is 0.929 bits per heavy atom. The fraction of sp³-hybridized carbons (Fsp3) is 0.286. The van der Waals surface area contributed by atoms with E-state index in [1.807, 2.05) is 53.4 Å². The number of aliphatic imine (C=N–C) groups is 2. The van der Waals surface area contributed by atoms with Gasteiger partial charge in [-0.2, -0.15) is 4.99 Å². The highest BCUT2D eigenvalue weighted by molar-refractivity contribution is 6.05. The largest absolute Gasteiger partial charge is 0.436 e. The van der Waals surface area contributed by atoms with Crippen LogP contribution in [0.2, 0.25) is 0 Å². The van der Waals surface area contributed by atoms with Crippen LogP contribution in [0.5, 0.6) is 0 Å². The Labute approximate surface area is 162 Å². The summed E-state index contributed by atoms with van der Waals surface area (Å²) in [7, 11) is 0. The average Bonchev–Trinajstić information content (AvgIpc) is 3.13. The molecule has 1 fully saturated rings. The van der Waals surface area contributed by atoms with Gasteiger partial charge in [-0.1, -0.05) is 18.6 Å². The van der Waals surface area contributed by atoms with Crippen molar-refractivity contribution in [2.24, 2.45) is 21.5 Å². The molecule has 2 heterocycles. The van der Waals surface area contributed by atoms with E-state index in [9.17, 15) is 0 Å². The van der Waals surface area contributed by atoms with Crippen LogP contribution in [0, 0.1) is 0 Å². The summed E-state index contributed by atoms with van der Waals surface area (Å²) in [4.78, 5) is 15.5. The van der Waals surface area contributed by atoms with Crippen molar-refractivity contribution in [1.29, 1.82) is 0 Å². The number of oxazole rings is 1. The number of nitrogens with two attached hydrogens (primary N) is 2. The van der Waals surface area contributed by atoms with Crippen molar-refractivity contribution < 1.29 is 4.42 Å². The van der Waals surface area contributed by atoms with Crippen molar-refractivity contribution in [2.45, 2.75) is 37.8 Å². The third-order valence-corrected chi connectivity index (χ3v) is 5.52. The minimum Gasteiger partial charge on any atom is -0.436 e. The van der Waals surface area contributed by atoms with E-state index < -0.39 is 5.66 Å². The molecule has 2 aliphatic rings. The molecule has 0 unspecified atom stereocenters. The molecule has 3 aromatic rings. The number of guanidine groups is 2. The summed E-state index contributed by atoms with van der Waals surface area (Å²) < 4.78 is 5.87. The maximum atomic E-state index is 6.29. The van der Waals surface area contributed by atoms with Crippen molar-refractivity contribution in [2.75, 3.05) is 4.90 Å². The number of fused-ring (bicyclic) bond motifs is 1. The van der Waals surface area contributed by atoms with Crippen LogP contribution in [0.3, 0.4) is 0 Å². The summed E-state index contributed by atoms with van der Waals surface area (Å²) in [6.45, 7) is 0. The van der Waals surface area contributed by atoms with Gasteiger partial charge in [0.1, 0.15) is 11.2 Å². The van der Waals surface area contributed by atoms with E-state index in [2.05, 4.69) is 9.98 Å². The molecule has 4 N–H and O–H groups in total. The lowest BCUT2D eigenvalue weighted by Gasteiger charge is -2.45. The molecule has 0 radical (unpaired) electrons. The average molecular weight is 374 g/mol. The summed E-state index contributed by atoms with van der Waals surface area (Å²) >= 11 is 0. The number of nitrogens with zero attached hydrogens (tertiary/aromatic N) is 4. The van der Waals surface area contributed by atoms with Gasteiger partial charge in [-0.15, -0.1) is 0 Å². The summed E-state index contributed by atoms with van der Waals surface area (Å²) in [5, 5.41) is 0. The van der Waals surface area contributed by atoms with Gasteiger partial charge in [-0.05, 0) is 62.1 Å². The predicted molar refractivity (Wildman–Crippen MR) is 111 cm³/mol. The number of hydrogen-bond donors (Lipinski definition) is 2. The topological polar surface area (TPSA) is 106 Å². The maximum absolute atomic E-state index is 6.29. The lowest BCUT2D eigenvalue weighted by Crippen LogP contribution is -2.58. The Morgan fingerprint density at radius 3 is 2.43 bits per heavy atom. The summed E-state index contributed by atoms with van der Waals surface area (Å²) in [5.74, 6) is 1.26. The Bertz CT molecular complexity index is 1040. The highest BCUT2D eigenvalue weighted by Gasteiger charge is 2.42. The zero-order valence-corrected chi connectivity index (χ0v) is 15.5. The summed E-state index contributed by atoms with van der Waals surface area (Å²) in [6, 6.07) is 15.8. The highest BCUT2D eigenvalue weighted by atomic mass is 16.3. The Balaban J connectivity index is 1.51. The van der Waals surface area contributed by atoms with Gasteiger partial charge in [0.05, 0.1) is 0 Å². The van der Waals surface area contributed by atoms with Gasteiger partial charge < -0.3 is 15.9 Å². The first-order chi connectivity index (χ1) is 13.6. The molecule has 28 heavy (non-hydrogen) atoms. The van der Waals surface area contributed by atoms with Crippen molar-refractivity contribution in [1.82, 2.24) is 4.98 Å². The zero-order chi connectivity index (χ0) is 19.1. The van der Waals surface area contributed by atoms with Crippen molar-refractivity contribution in [3.63, 3.8) is 0 Å². The number of benzene rings is 2. The van der Waals surface area contributed by atoms with E-state index in [1.54, 1.807) is 0 Å². The van der Waals surface area contributed by atoms with Crippen LogP contribution in [-0.2, 0) is 0 Å². The molecular weight excluding hydrogens is 352 g/mol. The highest BCUT2D eigenvalue weighted by Crippen LogP contribution is 2.39. The molecule has 5 rings (SSSR count). The second-order valence-electron chi connectivity index (χ2n) is 7.35. The zero-order valence-electron chi connectivity index (χ0n) is 15.5. The minimum absolute atomic E-state index is 0.263. The lowest BCUT2D eigenvalue weighted by molar-refractivity contribution is 0.305. The molecule has 1 aliphatic heterocycles. The van der Waals surface area contributed by atoms with E-state index in [0.29, 0.717) is 11.9 Å². The van der Waals surface area contributed by atoms with E-state index >= 15 is 0 Å². The van der Waals surface area contributed by atoms with Gasteiger partial charge >= 0.3 is 0 Å². The fourth-order valence-corrected chi connectivity index (χ4v) is 4.24. The molecule has 1 aromatic heterocycles. The van der Waals surface area contributed by atoms with Crippen LogP contribution in [0.25, 0.3) is 22.6 Å². The van der Waals surface area contributed by atoms with E-state index in [-0.39, 0.29) is 5.96 Å². The van der Waals surface area contributed by atoms with Crippen molar-refractivity contribution in [3.05, 3.63) is 48.5 Å². The molecule has 0 bridgehead atoms. The molecule has 7 heteroatoms. The van der Waals surface area contributed by atoms with Crippen LogP contribution in [-0.4, -0.2) is 22.6 Å². The van der Waals surface area contributed by atoms with Gasteiger partial charge in [0, 0.05) is 11.3 Å². The summed E-state index contributed by atoms with van der Waals surface area (Å²) in [5.41, 5.74) is 15.3. The standard InChI is InChI=1S/C21H22N6O/c22-19-25-20(23)27(21(26-19)12-4-1-5-13-21)15-10-8-14(9-11-15)18-24-16-6-2-3-7-17(16)28-18/h2-3,6-11H,1,4-5,12-13H2,(H4,22,23,25,26). The number of rotatable bonds is 2. The molecule has 0 atom stereocenters. The maximum Gasteiger partial charge on any atom is 0.227 e. The molecule has 1 aliphatic carbocycles. The summed E-state index contributed by atoms with van der Waals surface area (Å²) in [6.07, 6.45) is 5.23. The number of hydrogen-bond acceptors (Lipinski definition) is 7. The van der Waals surface area contributed by atoms with Crippen LogP contribution in [0.15, 0.2) is 62.9 Å². The molecule has 1 spiro atoms. The fourth-order valence-electron chi connectivity index (χ4n) is 4.24. The van der Waals surface area contributed by atoms with E-state index in [4.69, 9.17) is 20.9 Å². The van der Waals surface area contributed by atoms with Crippen LogP contribution < -0.4 is 16.4 Å². The normalized spacial score (nSPS) is 18.9. The van der Waals surface area contributed by atoms with Gasteiger partial charge in [0.2, 0.25) is 17.8 Å². The molecule has 7 nitrogen and oxygen atoms in total. The molecule has 0 amide bonds. The van der Waals surface area contributed by atoms with E-state index in [1.165, 1.54) is 6.42 Å². The quantitative estimate of drug-likeness (QED) is 0.713. The number of anilines is 1. The Kier molecular flexibility index (Phi) is 3.82. The van der Waals surface area contributed by atoms with Gasteiger partial charge in [-0.25, -0.2) is 9.98 Å². The smallest absolute Gasteiger partial charge is 0.227 e. The van der Waals surface area contributed by atoms with Crippen molar-refractivity contribution >= 4 is 28.7 Å². The molecule has 1 saturated carbocycles. The third kappa shape index (κ3) is 2.70. The van der Waals surface area contributed by atoms with Crippen LogP contribution in [0.1, 0.15) is 32.1 Å². The molecule has 142 valence electrons. The Hall–Kier alpha value is -3.35. The second-order valence-corrected chi connectivity index (χ2v) is 7.35. The third-order valence-electron chi connectivity index (χ3n) is 5.52. The first-order valence-electron chi connectivity index (χ1n) is 9.60. The van der Waals surface area contributed by atoms with Crippen LogP contribution in [0.4, 0.5) is 5.69 Å². The second kappa shape index (κ2) is 6.37. The van der Waals surface area contributed by atoms with Crippen molar-refractivity contribution in [3.8, 4) is 11.5 Å². The first-order valence-corrected chi connectivity index (χ1v) is 9.60. The Morgan fingerprint density at radius 2 is 1.68 bits per heavy atom. The first kappa shape index (κ1) is 16.8. The SMILES string of the molecule is NC1=NC2(CCCCC2)N(c2ccc(-c3nc4ccccc4o3)cc2)C(N)=N1. The minimum atomic E-state index is -0.437. The lowest BCUT2D eigenvalue weighted by atomic mass is 9.87. The van der Waals surface area contributed by atoms with Gasteiger partial charge in [0.15, 0.2) is 5.58 Å². The van der Waals surface area contributed by atoms with Crippen LogP contribution >= 0.6 is 0 Å². The number of aromatic nitrogens is 1. The van der Waals surface area contributed by atoms with Gasteiger partial charge in [0.25, 0.3) is 0 Å². The molecular formula is C21H22N6O. The van der Waals surface area contributed by atoms with Gasteiger partial charge in [-0.3, -0.25) is 4.90 Å². The van der Waals surface area contributed by atoms with E-state index in [0.717, 1.165) is 48.0 Å².